The van der Waals surface area contributed by atoms with Gasteiger partial charge in [0.05, 0.1) is 0 Å². The van der Waals surface area contributed by atoms with E-state index in [1.54, 1.807) is 0 Å². The molecule has 0 aromatic rings. The van der Waals surface area contributed by atoms with Crippen LogP contribution in [0.2, 0.25) is 0 Å². The molecule has 2 atom stereocenters. The second-order valence-electron chi connectivity index (χ2n) is 6.02. The number of hydrogen-bond donors (Lipinski definition) is 1. The third-order valence-electron chi connectivity index (χ3n) is 4.02. The first-order valence-electron chi connectivity index (χ1n) is 6.78. The van der Waals surface area contributed by atoms with Gasteiger partial charge in [0.2, 0.25) is 0 Å². The van der Waals surface area contributed by atoms with E-state index in [-0.39, 0.29) is 0 Å². The lowest BCUT2D eigenvalue weighted by Crippen LogP contribution is -2.36. The minimum atomic E-state index is 0.589. The van der Waals surface area contributed by atoms with Gasteiger partial charge < -0.3 is 5.32 Å². The standard InChI is InChI=1S/C14H29NS/c1-5-15-11-13-6-8-14(2,3)10-12(13)7-9-16-4/h12-13,15H,5-11H2,1-4H3. The second kappa shape index (κ2) is 6.90. The Bertz CT molecular complexity index is 191. The SMILES string of the molecule is CCNCC1CCC(C)(C)CC1CCSC. The maximum Gasteiger partial charge on any atom is -0.00180 e. The van der Waals surface area contributed by atoms with E-state index in [4.69, 9.17) is 0 Å². The van der Waals surface area contributed by atoms with Crippen molar-refractivity contribution in [3.8, 4) is 0 Å². The Hall–Kier alpha value is 0.310. The Morgan fingerprint density at radius 3 is 2.69 bits per heavy atom. The van der Waals surface area contributed by atoms with Crippen LogP contribution >= 0.6 is 11.8 Å². The van der Waals surface area contributed by atoms with Gasteiger partial charge in [-0.05, 0) is 68.0 Å². The van der Waals surface area contributed by atoms with E-state index in [1.165, 1.54) is 38.0 Å². The van der Waals surface area contributed by atoms with E-state index in [0.29, 0.717) is 5.41 Å². The number of hydrogen-bond acceptors (Lipinski definition) is 2. The molecule has 0 spiro atoms. The van der Waals surface area contributed by atoms with Gasteiger partial charge in [-0.2, -0.15) is 11.8 Å². The van der Waals surface area contributed by atoms with E-state index in [2.05, 4.69) is 32.3 Å². The highest BCUT2D eigenvalue weighted by Crippen LogP contribution is 2.43. The Morgan fingerprint density at radius 1 is 1.31 bits per heavy atom. The van der Waals surface area contributed by atoms with Crippen molar-refractivity contribution in [3.63, 3.8) is 0 Å². The van der Waals surface area contributed by atoms with Crippen LogP contribution in [-0.2, 0) is 0 Å². The molecule has 1 aliphatic carbocycles. The van der Waals surface area contributed by atoms with Gasteiger partial charge in [-0.15, -0.1) is 0 Å². The minimum Gasteiger partial charge on any atom is -0.317 e. The van der Waals surface area contributed by atoms with Crippen LogP contribution in [-0.4, -0.2) is 25.1 Å². The van der Waals surface area contributed by atoms with Crippen LogP contribution in [0.25, 0.3) is 0 Å². The van der Waals surface area contributed by atoms with Crippen LogP contribution in [0, 0.1) is 17.3 Å². The van der Waals surface area contributed by atoms with Gasteiger partial charge in [0.25, 0.3) is 0 Å². The highest BCUT2D eigenvalue weighted by Gasteiger charge is 2.33. The monoisotopic (exact) mass is 243 g/mol. The molecule has 0 radical (unpaired) electrons. The van der Waals surface area contributed by atoms with Gasteiger partial charge >= 0.3 is 0 Å². The fourth-order valence-corrected chi connectivity index (χ4v) is 3.53. The first kappa shape index (κ1) is 14.4. The van der Waals surface area contributed by atoms with Crippen molar-refractivity contribution in [1.29, 1.82) is 0 Å². The van der Waals surface area contributed by atoms with Crippen molar-refractivity contribution in [2.45, 2.75) is 46.5 Å². The summed E-state index contributed by atoms with van der Waals surface area (Å²) in [6.45, 7) is 9.47. The van der Waals surface area contributed by atoms with Crippen molar-refractivity contribution in [3.05, 3.63) is 0 Å². The maximum atomic E-state index is 3.54. The summed E-state index contributed by atoms with van der Waals surface area (Å²) in [7, 11) is 0. The Labute approximate surface area is 106 Å². The van der Waals surface area contributed by atoms with Gasteiger partial charge in [-0.3, -0.25) is 0 Å². The summed E-state index contributed by atoms with van der Waals surface area (Å²) in [5.74, 6) is 3.22. The zero-order valence-corrected chi connectivity index (χ0v) is 12.3. The van der Waals surface area contributed by atoms with E-state index in [0.717, 1.165) is 18.4 Å². The van der Waals surface area contributed by atoms with Crippen LogP contribution in [0.3, 0.4) is 0 Å². The molecule has 0 bridgehead atoms. The molecule has 1 aliphatic rings. The minimum absolute atomic E-state index is 0.589. The molecule has 2 heteroatoms. The maximum absolute atomic E-state index is 3.54. The topological polar surface area (TPSA) is 12.0 Å². The molecule has 0 aromatic carbocycles. The van der Waals surface area contributed by atoms with Crippen molar-refractivity contribution >= 4 is 11.8 Å². The van der Waals surface area contributed by atoms with Crippen LogP contribution < -0.4 is 5.32 Å². The van der Waals surface area contributed by atoms with E-state index >= 15 is 0 Å². The Kier molecular flexibility index (Phi) is 6.20. The summed E-state index contributed by atoms with van der Waals surface area (Å²) in [6.07, 6.45) is 7.93. The van der Waals surface area contributed by atoms with Crippen molar-refractivity contribution < 1.29 is 0 Å². The smallest absolute Gasteiger partial charge is 0.00180 e. The molecule has 1 fully saturated rings. The summed E-state index contributed by atoms with van der Waals surface area (Å²) in [6, 6.07) is 0. The third kappa shape index (κ3) is 4.67. The number of nitrogens with one attached hydrogen (secondary N) is 1. The molecule has 16 heavy (non-hydrogen) atoms. The van der Waals surface area contributed by atoms with Gasteiger partial charge in [-0.1, -0.05) is 20.8 Å². The molecule has 0 aliphatic heterocycles. The molecule has 0 aromatic heterocycles. The van der Waals surface area contributed by atoms with E-state index in [9.17, 15) is 0 Å². The fourth-order valence-electron chi connectivity index (χ4n) is 3.00. The largest absolute Gasteiger partial charge is 0.317 e. The average Bonchev–Trinajstić information content (AvgIpc) is 2.24. The second-order valence-corrected chi connectivity index (χ2v) is 7.00. The predicted octanol–water partition coefficient (Wildman–Crippen LogP) is 3.79. The van der Waals surface area contributed by atoms with Crippen LogP contribution in [0.5, 0.6) is 0 Å². The van der Waals surface area contributed by atoms with Crippen molar-refractivity contribution in [1.82, 2.24) is 5.32 Å². The van der Waals surface area contributed by atoms with E-state index < -0.39 is 0 Å². The molecule has 0 amide bonds. The molecule has 1 nitrogen and oxygen atoms in total. The lowest BCUT2D eigenvalue weighted by atomic mass is 9.66. The summed E-state index contributed by atoms with van der Waals surface area (Å²) >= 11 is 2.00. The van der Waals surface area contributed by atoms with Gasteiger partial charge in [-0.25, -0.2) is 0 Å². The summed E-state index contributed by atoms with van der Waals surface area (Å²) in [5.41, 5.74) is 0.589. The lowest BCUT2D eigenvalue weighted by molar-refractivity contribution is 0.114. The lowest BCUT2D eigenvalue weighted by Gasteiger charge is -2.41. The zero-order valence-electron chi connectivity index (χ0n) is 11.5. The van der Waals surface area contributed by atoms with E-state index in [1.807, 2.05) is 11.8 Å². The first-order chi connectivity index (χ1) is 7.59. The Morgan fingerprint density at radius 2 is 2.06 bits per heavy atom. The number of rotatable bonds is 6. The molecule has 96 valence electrons. The highest BCUT2D eigenvalue weighted by molar-refractivity contribution is 7.98. The molecule has 0 heterocycles. The summed E-state index contributed by atoms with van der Waals surface area (Å²) in [5, 5.41) is 3.54. The van der Waals surface area contributed by atoms with Gasteiger partial charge in [0, 0.05) is 0 Å². The molecular formula is C14H29NS. The molecule has 1 rings (SSSR count). The average molecular weight is 243 g/mol. The van der Waals surface area contributed by atoms with Crippen LogP contribution in [0.4, 0.5) is 0 Å². The summed E-state index contributed by atoms with van der Waals surface area (Å²) < 4.78 is 0. The predicted molar refractivity (Wildman–Crippen MR) is 76.2 cm³/mol. The molecule has 0 saturated heterocycles. The van der Waals surface area contributed by atoms with Crippen LogP contribution in [0.15, 0.2) is 0 Å². The molecule has 1 saturated carbocycles. The normalized spacial score (nSPS) is 29.2. The Balaban J connectivity index is 2.46. The fraction of sp³-hybridized carbons (Fsp3) is 1.00. The first-order valence-corrected chi connectivity index (χ1v) is 8.18. The van der Waals surface area contributed by atoms with Crippen LogP contribution in [0.1, 0.15) is 46.5 Å². The van der Waals surface area contributed by atoms with Gasteiger partial charge in [0.15, 0.2) is 0 Å². The zero-order chi connectivity index (χ0) is 12.0. The van der Waals surface area contributed by atoms with Gasteiger partial charge in [0.1, 0.15) is 0 Å². The molecule has 2 unspecified atom stereocenters. The number of thioether (sulfide) groups is 1. The van der Waals surface area contributed by atoms with Crippen molar-refractivity contribution in [2.75, 3.05) is 25.1 Å². The third-order valence-corrected chi connectivity index (χ3v) is 4.67. The summed E-state index contributed by atoms with van der Waals surface area (Å²) in [4.78, 5) is 0. The molecular weight excluding hydrogens is 214 g/mol. The quantitative estimate of drug-likeness (QED) is 0.762. The highest BCUT2D eigenvalue weighted by atomic mass is 32.2. The van der Waals surface area contributed by atoms with Crippen molar-refractivity contribution in [2.24, 2.45) is 17.3 Å². The molecule has 1 N–H and O–H groups in total.